The lowest BCUT2D eigenvalue weighted by atomic mass is 10.2. The van der Waals surface area contributed by atoms with Crippen LogP contribution in [0.2, 0.25) is 0 Å². The van der Waals surface area contributed by atoms with Gasteiger partial charge >= 0.3 is 0 Å². The molecule has 0 saturated carbocycles. The van der Waals surface area contributed by atoms with Crippen LogP contribution in [0.1, 0.15) is 24.7 Å². The van der Waals surface area contributed by atoms with E-state index < -0.39 is 0 Å². The predicted octanol–water partition coefficient (Wildman–Crippen LogP) is 3.53. The van der Waals surface area contributed by atoms with E-state index in [-0.39, 0.29) is 5.91 Å². The molecule has 21 heavy (non-hydrogen) atoms. The molecule has 4 heteroatoms. The molecule has 1 amide bonds. The number of rotatable bonds is 6. The molecule has 0 fully saturated rings. The summed E-state index contributed by atoms with van der Waals surface area (Å²) in [6, 6.07) is 11.6. The smallest absolute Gasteiger partial charge is 0.226 e. The molecular formula is C17H22N2O2. The normalized spacial score (nSPS) is 10.4. The minimum atomic E-state index is -0.00495. The number of benzene rings is 1. The van der Waals surface area contributed by atoms with Gasteiger partial charge in [0, 0.05) is 24.4 Å². The third kappa shape index (κ3) is 3.88. The molecule has 0 aliphatic carbocycles. The Labute approximate surface area is 125 Å². The maximum atomic E-state index is 12.1. The van der Waals surface area contributed by atoms with E-state index in [1.807, 2.05) is 31.2 Å². The second-order valence-corrected chi connectivity index (χ2v) is 5.00. The van der Waals surface area contributed by atoms with Gasteiger partial charge in [-0.25, -0.2) is 0 Å². The maximum absolute atomic E-state index is 12.1. The number of hydrogen-bond donors (Lipinski definition) is 1. The van der Waals surface area contributed by atoms with Gasteiger partial charge in [0.15, 0.2) is 0 Å². The number of anilines is 1. The van der Waals surface area contributed by atoms with Crippen molar-refractivity contribution in [2.45, 2.75) is 33.7 Å². The molecule has 1 aromatic carbocycles. The Hall–Kier alpha value is -2.23. The zero-order chi connectivity index (χ0) is 15.2. The fourth-order valence-corrected chi connectivity index (χ4v) is 2.33. The summed E-state index contributed by atoms with van der Waals surface area (Å²) >= 11 is 0. The highest BCUT2D eigenvalue weighted by molar-refractivity contribution is 5.92. The molecule has 2 rings (SSSR count). The molecule has 1 heterocycles. The van der Waals surface area contributed by atoms with Gasteiger partial charge in [0.25, 0.3) is 0 Å². The van der Waals surface area contributed by atoms with Gasteiger partial charge in [0.2, 0.25) is 5.91 Å². The number of amides is 1. The Morgan fingerprint density at radius 3 is 2.48 bits per heavy atom. The molecule has 0 atom stereocenters. The Balaban J connectivity index is 1.96. The fourth-order valence-electron chi connectivity index (χ4n) is 2.33. The molecule has 0 aliphatic rings. The average molecular weight is 286 g/mol. The van der Waals surface area contributed by atoms with Crippen LogP contribution in [0, 0.1) is 13.8 Å². The van der Waals surface area contributed by atoms with Crippen molar-refractivity contribution in [3.8, 4) is 5.75 Å². The van der Waals surface area contributed by atoms with Crippen molar-refractivity contribution >= 4 is 11.6 Å². The zero-order valence-electron chi connectivity index (χ0n) is 12.8. The summed E-state index contributed by atoms with van der Waals surface area (Å²) in [7, 11) is 0. The Morgan fingerprint density at radius 2 is 1.81 bits per heavy atom. The third-order valence-corrected chi connectivity index (χ3v) is 3.44. The number of ether oxygens (including phenoxy) is 1. The van der Waals surface area contributed by atoms with E-state index >= 15 is 0 Å². The van der Waals surface area contributed by atoms with Crippen molar-refractivity contribution in [2.75, 3.05) is 11.9 Å². The monoisotopic (exact) mass is 286 g/mol. The van der Waals surface area contributed by atoms with Gasteiger partial charge in [0.1, 0.15) is 5.75 Å². The first kappa shape index (κ1) is 15.2. The van der Waals surface area contributed by atoms with Gasteiger partial charge < -0.3 is 14.6 Å². The minimum Gasteiger partial charge on any atom is -0.492 e. The van der Waals surface area contributed by atoms with Crippen LogP contribution in [0.3, 0.4) is 0 Å². The SMILES string of the molecule is CCOc1ccccc1NC(=O)CCn1c(C)ccc1C. The molecule has 0 spiro atoms. The summed E-state index contributed by atoms with van der Waals surface area (Å²) in [6.07, 6.45) is 0.441. The Kier molecular flexibility index (Phi) is 5.04. The summed E-state index contributed by atoms with van der Waals surface area (Å²) in [5.41, 5.74) is 3.08. The van der Waals surface area contributed by atoms with Crippen LogP contribution in [-0.4, -0.2) is 17.1 Å². The van der Waals surface area contributed by atoms with Crippen molar-refractivity contribution in [3.05, 3.63) is 47.8 Å². The lowest BCUT2D eigenvalue weighted by molar-refractivity contribution is -0.116. The van der Waals surface area contributed by atoms with Gasteiger partial charge in [-0.15, -0.1) is 0 Å². The molecule has 4 nitrogen and oxygen atoms in total. The topological polar surface area (TPSA) is 43.3 Å². The number of aryl methyl sites for hydroxylation is 2. The second-order valence-electron chi connectivity index (χ2n) is 5.00. The van der Waals surface area contributed by atoms with Crippen LogP contribution >= 0.6 is 0 Å². The van der Waals surface area contributed by atoms with Gasteiger partial charge in [-0.05, 0) is 45.0 Å². The summed E-state index contributed by atoms with van der Waals surface area (Å²) in [4.78, 5) is 12.1. The van der Waals surface area contributed by atoms with E-state index in [2.05, 4.69) is 35.9 Å². The van der Waals surface area contributed by atoms with Crippen molar-refractivity contribution in [3.63, 3.8) is 0 Å². The van der Waals surface area contributed by atoms with Crippen LogP contribution < -0.4 is 10.1 Å². The molecule has 1 aromatic heterocycles. The van der Waals surface area contributed by atoms with Gasteiger partial charge in [0.05, 0.1) is 12.3 Å². The molecule has 0 aliphatic heterocycles. The van der Waals surface area contributed by atoms with Gasteiger partial charge in [-0.2, -0.15) is 0 Å². The van der Waals surface area contributed by atoms with Crippen molar-refractivity contribution in [2.24, 2.45) is 0 Å². The van der Waals surface area contributed by atoms with Crippen LogP contribution in [0.5, 0.6) is 5.75 Å². The van der Waals surface area contributed by atoms with E-state index in [1.165, 1.54) is 11.4 Å². The molecule has 0 saturated heterocycles. The highest BCUT2D eigenvalue weighted by Gasteiger charge is 2.08. The van der Waals surface area contributed by atoms with E-state index in [4.69, 9.17) is 4.74 Å². The van der Waals surface area contributed by atoms with Crippen molar-refractivity contribution in [1.82, 2.24) is 4.57 Å². The van der Waals surface area contributed by atoms with Gasteiger partial charge in [-0.3, -0.25) is 4.79 Å². The van der Waals surface area contributed by atoms with Crippen LogP contribution in [0.15, 0.2) is 36.4 Å². The van der Waals surface area contributed by atoms with E-state index in [1.54, 1.807) is 0 Å². The van der Waals surface area contributed by atoms with Gasteiger partial charge in [-0.1, -0.05) is 12.1 Å². The van der Waals surface area contributed by atoms with E-state index in [0.29, 0.717) is 25.3 Å². The van der Waals surface area contributed by atoms with Crippen molar-refractivity contribution in [1.29, 1.82) is 0 Å². The van der Waals surface area contributed by atoms with E-state index in [0.717, 1.165) is 5.69 Å². The van der Waals surface area contributed by atoms with Crippen molar-refractivity contribution < 1.29 is 9.53 Å². The number of carbonyl (C=O) groups excluding carboxylic acids is 1. The summed E-state index contributed by atoms with van der Waals surface area (Å²) in [5.74, 6) is 0.705. The Bertz CT molecular complexity index is 598. The lowest BCUT2D eigenvalue weighted by Gasteiger charge is -2.12. The number of hydrogen-bond acceptors (Lipinski definition) is 2. The molecule has 1 N–H and O–H groups in total. The first-order valence-electron chi connectivity index (χ1n) is 7.26. The van der Waals surface area contributed by atoms with Crippen LogP contribution in [-0.2, 0) is 11.3 Å². The first-order valence-corrected chi connectivity index (χ1v) is 7.26. The number of nitrogens with zero attached hydrogens (tertiary/aromatic N) is 1. The van der Waals surface area contributed by atoms with E-state index in [9.17, 15) is 4.79 Å². The Morgan fingerprint density at radius 1 is 1.14 bits per heavy atom. The number of aromatic nitrogens is 1. The molecule has 112 valence electrons. The molecule has 0 radical (unpaired) electrons. The first-order chi connectivity index (χ1) is 10.1. The minimum absolute atomic E-state index is 0.00495. The summed E-state index contributed by atoms with van der Waals surface area (Å²) < 4.78 is 7.65. The van der Waals surface area contributed by atoms with Crippen LogP contribution in [0.4, 0.5) is 5.69 Å². The summed E-state index contributed by atoms with van der Waals surface area (Å²) in [5, 5.41) is 2.92. The third-order valence-electron chi connectivity index (χ3n) is 3.44. The molecule has 2 aromatic rings. The predicted molar refractivity (Wildman–Crippen MR) is 84.8 cm³/mol. The second kappa shape index (κ2) is 6.97. The fraction of sp³-hybridized carbons (Fsp3) is 0.353. The standard InChI is InChI=1S/C17H22N2O2/c1-4-21-16-8-6-5-7-15(16)18-17(20)11-12-19-13(2)9-10-14(19)3/h5-10H,4,11-12H2,1-3H3,(H,18,20). The number of carbonyl (C=O) groups is 1. The molecular weight excluding hydrogens is 264 g/mol. The highest BCUT2D eigenvalue weighted by Crippen LogP contribution is 2.23. The molecule has 0 unspecified atom stereocenters. The van der Waals surface area contributed by atoms with Crippen LogP contribution in [0.25, 0.3) is 0 Å². The molecule has 0 bridgehead atoms. The maximum Gasteiger partial charge on any atom is 0.226 e. The largest absolute Gasteiger partial charge is 0.492 e. The average Bonchev–Trinajstić information content (AvgIpc) is 2.78. The highest BCUT2D eigenvalue weighted by atomic mass is 16.5. The zero-order valence-corrected chi connectivity index (χ0v) is 12.8. The number of nitrogens with one attached hydrogen (secondary N) is 1. The lowest BCUT2D eigenvalue weighted by Crippen LogP contribution is -2.16. The quantitative estimate of drug-likeness (QED) is 0.882. The summed E-state index contributed by atoms with van der Waals surface area (Å²) in [6.45, 7) is 7.29. The number of para-hydroxylation sites is 2.